The first-order chi connectivity index (χ1) is 15.3. The molecule has 4 rings (SSSR count). The maximum absolute atomic E-state index is 12.3. The molecular weight excluding hydrogens is 400 g/mol. The van der Waals surface area contributed by atoms with Crippen LogP contribution in [0.3, 0.4) is 0 Å². The summed E-state index contributed by atoms with van der Waals surface area (Å²) in [7, 11) is 0. The molecule has 0 aliphatic heterocycles. The van der Waals surface area contributed by atoms with Crippen molar-refractivity contribution in [3.05, 3.63) is 41.6 Å². The fraction of sp³-hybridized carbons (Fsp3) is 0.615. The molecule has 1 fully saturated rings. The van der Waals surface area contributed by atoms with Crippen LogP contribution in [0.25, 0.3) is 11.3 Å². The van der Waals surface area contributed by atoms with Crippen molar-refractivity contribution in [1.29, 1.82) is 0 Å². The standard InChI is InChI=1S/C26H36N4O2/c1-17-13-22(32-30-17)21-16-28-25(26(2,3)4)29-24(21)20-11-9-19(10-12-20)15-27-23(31)14-18-7-5-6-8-18/h5,7,13,16,18-20H,6,8-12,14-15H2,1-4H3,(H,27,31). The number of amides is 1. The number of aromatic nitrogens is 3. The van der Waals surface area contributed by atoms with Crippen LogP contribution in [0.2, 0.25) is 0 Å². The van der Waals surface area contributed by atoms with Gasteiger partial charge in [0.1, 0.15) is 5.82 Å². The molecular formula is C26H36N4O2. The van der Waals surface area contributed by atoms with Gasteiger partial charge in [0.2, 0.25) is 5.91 Å². The predicted molar refractivity (Wildman–Crippen MR) is 125 cm³/mol. The first-order valence-corrected chi connectivity index (χ1v) is 12.0. The fourth-order valence-electron chi connectivity index (χ4n) is 4.82. The van der Waals surface area contributed by atoms with Crippen molar-refractivity contribution in [2.45, 2.75) is 84.0 Å². The molecule has 172 valence electrons. The predicted octanol–water partition coefficient (Wildman–Crippen LogP) is 5.48. The molecule has 0 aromatic carbocycles. The Labute approximate surface area is 191 Å². The van der Waals surface area contributed by atoms with Crippen LogP contribution in [0.1, 0.15) is 88.8 Å². The van der Waals surface area contributed by atoms with Gasteiger partial charge >= 0.3 is 0 Å². The monoisotopic (exact) mass is 436 g/mol. The summed E-state index contributed by atoms with van der Waals surface area (Å²) in [6.07, 6.45) is 13.4. The van der Waals surface area contributed by atoms with Crippen molar-refractivity contribution in [3.8, 4) is 11.3 Å². The van der Waals surface area contributed by atoms with Gasteiger partial charge in [-0.1, -0.05) is 38.1 Å². The number of nitrogens with zero attached hydrogens (tertiary/aromatic N) is 3. The second kappa shape index (κ2) is 9.55. The number of carbonyl (C=O) groups excluding carboxylic acids is 1. The fourth-order valence-corrected chi connectivity index (χ4v) is 4.82. The largest absolute Gasteiger partial charge is 0.356 e. The minimum atomic E-state index is -0.111. The molecule has 0 saturated heterocycles. The Kier molecular flexibility index (Phi) is 6.77. The van der Waals surface area contributed by atoms with E-state index in [1.165, 1.54) is 0 Å². The Balaban J connectivity index is 1.40. The number of nitrogens with one attached hydrogen (secondary N) is 1. The van der Waals surface area contributed by atoms with E-state index in [-0.39, 0.29) is 11.3 Å². The van der Waals surface area contributed by atoms with E-state index in [1.807, 2.05) is 19.2 Å². The average Bonchev–Trinajstić information content (AvgIpc) is 3.43. The molecule has 2 aromatic rings. The van der Waals surface area contributed by atoms with Crippen molar-refractivity contribution in [2.24, 2.45) is 11.8 Å². The number of aryl methyl sites for hydroxylation is 1. The summed E-state index contributed by atoms with van der Waals surface area (Å²) >= 11 is 0. The third kappa shape index (κ3) is 5.45. The number of hydrogen-bond donors (Lipinski definition) is 1. The van der Waals surface area contributed by atoms with Crippen LogP contribution < -0.4 is 5.32 Å². The van der Waals surface area contributed by atoms with Gasteiger partial charge in [0.15, 0.2) is 5.76 Å². The molecule has 1 unspecified atom stereocenters. The molecule has 1 atom stereocenters. The number of rotatable bonds is 6. The summed E-state index contributed by atoms with van der Waals surface area (Å²) < 4.78 is 5.57. The van der Waals surface area contributed by atoms with Gasteiger partial charge in [-0.25, -0.2) is 9.97 Å². The summed E-state index contributed by atoms with van der Waals surface area (Å²) in [6, 6.07) is 1.96. The second-order valence-corrected chi connectivity index (χ2v) is 10.6. The van der Waals surface area contributed by atoms with Gasteiger partial charge in [-0.2, -0.15) is 0 Å². The van der Waals surface area contributed by atoms with Crippen LogP contribution in [0.15, 0.2) is 28.9 Å². The van der Waals surface area contributed by atoms with Crippen molar-refractivity contribution in [2.75, 3.05) is 6.54 Å². The Bertz CT molecular complexity index is 964. The highest BCUT2D eigenvalue weighted by Gasteiger charge is 2.29. The Hall–Kier alpha value is -2.50. The normalized spacial score (nSPS) is 23.4. The lowest BCUT2D eigenvalue weighted by Gasteiger charge is -2.30. The minimum absolute atomic E-state index is 0.111. The third-order valence-electron chi connectivity index (χ3n) is 6.76. The summed E-state index contributed by atoms with van der Waals surface area (Å²) in [6.45, 7) is 9.15. The van der Waals surface area contributed by atoms with Crippen LogP contribution in [0.5, 0.6) is 0 Å². The molecule has 2 aromatic heterocycles. The number of hydrogen-bond acceptors (Lipinski definition) is 5. The van der Waals surface area contributed by atoms with E-state index in [2.05, 4.69) is 48.4 Å². The highest BCUT2D eigenvalue weighted by molar-refractivity contribution is 5.76. The molecule has 0 spiro atoms. The molecule has 6 heteroatoms. The average molecular weight is 437 g/mol. The van der Waals surface area contributed by atoms with E-state index in [1.54, 1.807) is 0 Å². The van der Waals surface area contributed by atoms with Crippen LogP contribution >= 0.6 is 0 Å². The van der Waals surface area contributed by atoms with E-state index in [0.29, 0.717) is 24.2 Å². The minimum Gasteiger partial charge on any atom is -0.356 e. The maximum atomic E-state index is 12.3. The van der Waals surface area contributed by atoms with Gasteiger partial charge < -0.3 is 9.84 Å². The van der Waals surface area contributed by atoms with Gasteiger partial charge in [-0.05, 0) is 57.3 Å². The van der Waals surface area contributed by atoms with Crippen molar-refractivity contribution in [1.82, 2.24) is 20.4 Å². The van der Waals surface area contributed by atoms with Crippen molar-refractivity contribution < 1.29 is 9.32 Å². The molecule has 0 radical (unpaired) electrons. The third-order valence-corrected chi connectivity index (χ3v) is 6.76. The van der Waals surface area contributed by atoms with E-state index < -0.39 is 0 Å². The Morgan fingerprint density at radius 3 is 2.59 bits per heavy atom. The molecule has 6 nitrogen and oxygen atoms in total. The summed E-state index contributed by atoms with van der Waals surface area (Å²) in [5, 5.41) is 7.25. The van der Waals surface area contributed by atoms with E-state index in [0.717, 1.165) is 73.6 Å². The highest BCUT2D eigenvalue weighted by atomic mass is 16.5. The number of carbonyl (C=O) groups is 1. The zero-order valence-electron chi connectivity index (χ0n) is 19.9. The highest BCUT2D eigenvalue weighted by Crippen LogP contribution is 2.39. The van der Waals surface area contributed by atoms with Gasteiger partial charge in [0, 0.05) is 36.6 Å². The summed E-state index contributed by atoms with van der Waals surface area (Å²) in [5.74, 6) is 3.14. The Morgan fingerprint density at radius 1 is 1.19 bits per heavy atom. The van der Waals surface area contributed by atoms with Gasteiger partial charge in [-0.3, -0.25) is 4.79 Å². The lowest BCUT2D eigenvalue weighted by molar-refractivity contribution is -0.121. The van der Waals surface area contributed by atoms with E-state index in [4.69, 9.17) is 9.51 Å². The van der Waals surface area contributed by atoms with E-state index >= 15 is 0 Å². The van der Waals surface area contributed by atoms with Gasteiger partial charge in [-0.15, -0.1) is 0 Å². The SMILES string of the molecule is Cc1cc(-c2cnc(C(C)(C)C)nc2C2CCC(CNC(=O)CC3C=CCC3)CC2)on1. The molecule has 0 bridgehead atoms. The molecule has 1 amide bonds. The van der Waals surface area contributed by atoms with Gasteiger partial charge in [0.25, 0.3) is 0 Å². The summed E-state index contributed by atoms with van der Waals surface area (Å²) in [5.41, 5.74) is 2.79. The summed E-state index contributed by atoms with van der Waals surface area (Å²) in [4.78, 5) is 22.0. The van der Waals surface area contributed by atoms with Crippen LogP contribution in [-0.4, -0.2) is 27.6 Å². The molecule has 1 N–H and O–H groups in total. The zero-order valence-corrected chi connectivity index (χ0v) is 19.9. The first-order valence-electron chi connectivity index (χ1n) is 12.0. The molecule has 1 saturated carbocycles. The quantitative estimate of drug-likeness (QED) is 0.606. The Morgan fingerprint density at radius 2 is 1.97 bits per heavy atom. The molecule has 2 aliphatic carbocycles. The zero-order chi connectivity index (χ0) is 22.7. The topological polar surface area (TPSA) is 80.9 Å². The van der Waals surface area contributed by atoms with Gasteiger partial charge in [0.05, 0.1) is 17.0 Å². The van der Waals surface area contributed by atoms with Crippen LogP contribution in [-0.2, 0) is 10.2 Å². The van der Waals surface area contributed by atoms with Crippen LogP contribution in [0, 0.1) is 18.8 Å². The van der Waals surface area contributed by atoms with Crippen molar-refractivity contribution >= 4 is 5.91 Å². The lowest BCUT2D eigenvalue weighted by atomic mass is 9.79. The number of allylic oxidation sites excluding steroid dienone is 2. The van der Waals surface area contributed by atoms with Crippen molar-refractivity contribution in [3.63, 3.8) is 0 Å². The maximum Gasteiger partial charge on any atom is 0.220 e. The molecule has 2 aliphatic rings. The molecule has 32 heavy (non-hydrogen) atoms. The van der Waals surface area contributed by atoms with Crippen LogP contribution in [0.4, 0.5) is 0 Å². The first kappa shape index (κ1) is 22.7. The smallest absolute Gasteiger partial charge is 0.220 e. The molecule has 2 heterocycles. The lowest BCUT2D eigenvalue weighted by Crippen LogP contribution is -2.32. The van der Waals surface area contributed by atoms with E-state index in [9.17, 15) is 4.79 Å². The second-order valence-electron chi connectivity index (χ2n) is 10.6.